The summed E-state index contributed by atoms with van der Waals surface area (Å²) in [6, 6.07) is 0. The molecule has 0 fully saturated rings. The Balaban J connectivity index is 3.00. The number of nitrogens with one attached hydrogen (secondary N) is 1. The Morgan fingerprint density at radius 1 is 1.88 bits per heavy atom. The van der Waals surface area contributed by atoms with E-state index in [9.17, 15) is 4.91 Å². The van der Waals surface area contributed by atoms with Gasteiger partial charge >= 0.3 is 0 Å². The highest BCUT2D eigenvalue weighted by molar-refractivity contribution is 5.19. The van der Waals surface area contributed by atoms with Gasteiger partial charge < -0.3 is 5.11 Å². The molecular formula is C3H3N3O2. The molecule has 0 amide bonds. The second kappa shape index (κ2) is 1.61. The van der Waals surface area contributed by atoms with Gasteiger partial charge in [0.15, 0.2) is 0 Å². The van der Waals surface area contributed by atoms with Crippen LogP contribution in [0.2, 0.25) is 0 Å². The van der Waals surface area contributed by atoms with Gasteiger partial charge in [-0.3, -0.25) is 4.98 Å². The Kier molecular flexibility index (Phi) is 0.957. The van der Waals surface area contributed by atoms with Gasteiger partial charge in [0.25, 0.3) is 5.95 Å². The van der Waals surface area contributed by atoms with Crippen molar-refractivity contribution in [1.82, 2.24) is 9.97 Å². The van der Waals surface area contributed by atoms with Gasteiger partial charge in [-0.15, -0.1) is 4.91 Å². The maximum Gasteiger partial charge on any atom is 0.271 e. The van der Waals surface area contributed by atoms with E-state index >= 15 is 0 Å². The standard InChI is InChI=1S/C3H3N3O2/c7-2-1-4-3(5-2)6-8/h1,7H,(H,4,5). The van der Waals surface area contributed by atoms with Gasteiger partial charge in [-0.2, -0.15) is 0 Å². The van der Waals surface area contributed by atoms with Crippen LogP contribution in [0.25, 0.3) is 0 Å². The number of aromatic hydroxyl groups is 1. The molecule has 0 bridgehead atoms. The number of imidazole rings is 1. The molecule has 0 aromatic carbocycles. The first-order valence-electron chi connectivity index (χ1n) is 1.90. The first-order chi connectivity index (χ1) is 3.83. The summed E-state index contributed by atoms with van der Waals surface area (Å²) in [5, 5.41) is 10.9. The molecule has 1 aromatic rings. The molecule has 5 nitrogen and oxygen atoms in total. The van der Waals surface area contributed by atoms with Crippen LogP contribution in [-0.4, -0.2) is 15.1 Å². The molecule has 42 valence electrons. The lowest BCUT2D eigenvalue weighted by Gasteiger charge is -1.72. The molecule has 0 aliphatic rings. The van der Waals surface area contributed by atoms with Crippen LogP contribution in [0.3, 0.4) is 0 Å². The van der Waals surface area contributed by atoms with Crippen molar-refractivity contribution in [1.29, 1.82) is 0 Å². The Morgan fingerprint density at radius 3 is 2.88 bits per heavy atom. The number of hydrogen-bond acceptors (Lipinski definition) is 4. The van der Waals surface area contributed by atoms with Crippen LogP contribution in [0.4, 0.5) is 5.95 Å². The van der Waals surface area contributed by atoms with Gasteiger partial charge in [0.1, 0.15) is 0 Å². The predicted octanol–water partition coefficient (Wildman–Crippen LogP) is 0.513. The summed E-state index contributed by atoms with van der Waals surface area (Å²) in [7, 11) is 0. The quantitative estimate of drug-likeness (QED) is 0.521. The van der Waals surface area contributed by atoms with Gasteiger partial charge in [0.2, 0.25) is 5.88 Å². The van der Waals surface area contributed by atoms with E-state index in [4.69, 9.17) is 5.11 Å². The average Bonchev–Trinajstić information content (AvgIpc) is 2.14. The Labute approximate surface area is 44.3 Å². The zero-order valence-electron chi connectivity index (χ0n) is 3.83. The van der Waals surface area contributed by atoms with Gasteiger partial charge in [-0.1, -0.05) is 0 Å². The number of H-pyrrole nitrogens is 1. The van der Waals surface area contributed by atoms with Crippen LogP contribution in [0, 0.1) is 4.91 Å². The number of nitrogens with zero attached hydrogens (tertiary/aromatic N) is 2. The third kappa shape index (κ3) is 0.651. The van der Waals surface area contributed by atoms with Crippen LogP contribution < -0.4 is 0 Å². The first kappa shape index (κ1) is 4.76. The molecule has 8 heavy (non-hydrogen) atoms. The molecule has 0 spiro atoms. The summed E-state index contributed by atoms with van der Waals surface area (Å²) < 4.78 is 0. The molecule has 2 N–H and O–H groups in total. The first-order valence-corrected chi connectivity index (χ1v) is 1.90. The van der Waals surface area contributed by atoms with Crippen molar-refractivity contribution in [2.45, 2.75) is 0 Å². The van der Waals surface area contributed by atoms with E-state index in [0.29, 0.717) is 0 Å². The lowest BCUT2D eigenvalue weighted by molar-refractivity contribution is 0.457. The minimum absolute atomic E-state index is 0.109. The maximum atomic E-state index is 9.56. The molecule has 1 aromatic heterocycles. The minimum Gasteiger partial charge on any atom is -0.493 e. The van der Waals surface area contributed by atoms with E-state index in [0.717, 1.165) is 6.20 Å². The second-order valence-electron chi connectivity index (χ2n) is 1.18. The zero-order chi connectivity index (χ0) is 5.98. The summed E-state index contributed by atoms with van der Waals surface area (Å²) >= 11 is 0. The number of hydrogen-bond donors (Lipinski definition) is 2. The molecule has 0 saturated carbocycles. The summed E-state index contributed by atoms with van der Waals surface area (Å²) in [5.74, 6) is -0.262. The van der Waals surface area contributed by atoms with Crippen LogP contribution in [0.1, 0.15) is 0 Å². The number of nitroso groups, excluding NO2 is 1. The van der Waals surface area contributed by atoms with Gasteiger partial charge in [0.05, 0.1) is 6.20 Å². The van der Waals surface area contributed by atoms with Crippen molar-refractivity contribution in [2.75, 3.05) is 0 Å². The molecule has 0 atom stereocenters. The smallest absolute Gasteiger partial charge is 0.271 e. The van der Waals surface area contributed by atoms with E-state index in [-0.39, 0.29) is 11.8 Å². The maximum absolute atomic E-state index is 9.56. The fourth-order valence-electron chi connectivity index (χ4n) is 0.348. The van der Waals surface area contributed by atoms with E-state index in [1.807, 2.05) is 0 Å². The third-order valence-electron chi connectivity index (χ3n) is 0.635. The molecule has 5 heteroatoms. The third-order valence-corrected chi connectivity index (χ3v) is 0.635. The number of rotatable bonds is 1. The Bertz CT molecular complexity index is 194. The lowest BCUT2D eigenvalue weighted by Crippen LogP contribution is -1.59. The summed E-state index contributed by atoms with van der Waals surface area (Å²) in [4.78, 5) is 15.1. The van der Waals surface area contributed by atoms with Crippen LogP contribution in [0.15, 0.2) is 11.4 Å². The monoisotopic (exact) mass is 113 g/mol. The summed E-state index contributed by atoms with van der Waals surface area (Å²) in [6.45, 7) is 0. The average molecular weight is 113 g/mol. The van der Waals surface area contributed by atoms with Gasteiger partial charge in [0, 0.05) is 5.18 Å². The van der Waals surface area contributed by atoms with Gasteiger partial charge in [-0.25, -0.2) is 4.98 Å². The molecule has 0 aliphatic carbocycles. The zero-order valence-corrected chi connectivity index (χ0v) is 3.83. The highest BCUT2D eigenvalue weighted by Gasteiger charge is 1.93. The fourth-order valence-corrected chi connectivity index (χ4v) is 0.348. The summed E-state index contributed by atoms with van der Waals surface area (Å²) in [5.41, 5.74) is 0. The highest BCUT2D eigenvalue weighted by atomic mass is 16.3. The van der Waals surface area contributed by atoms with Crippen molar-refractivity contribution >= 4 is 5.95 Å². The fraction of sp³-hybridized carbons (Fsp3) is 0. The van der Waals surface area contributed by atoms with Crippen LogP contribution in [-0.2, 0) is 0 Å². The highest BCUT2D eigenvalue weighted by Crippen LogP contribution is 2.08. The van der Waals surface area contributed by atoms with Gasteiger partial charge in [-0.05, 0) is 0 Å². The van der Waals surface area contributed by atoms with E-state index in [1.165, 1.54) is 0 Å². The molecule has 1 heterocycles. The summed E-state index contributed by atoms with van der Waals surface area (Å²) in [6.07, 6.45) is 1.11. The van der Waals surface area contributed by atoms with Crippen molar-refractivity contribution in [3.8, 4) is 5.88 Å². The van der Waals surface area contributed by atoms with E-state index in [2.05, 4.69) is 15.1 Å². The molecule has 0 saturated heterocycles. The predicted molar refractivity (Wildman–Crippen MR) is 25.7 cm³/mol. The SMILES string of the molecule is O=Nc1ncc(O)[nH]1. The number of aromatic amines is 1. The van der Waals surface area contributed by atoms with Crippen molar-refractivity contribution in [2.24, 2.45) is 5.18 Å². The largest absolute Gasteiger partial charge is 0.493 e. The van der Waals surface area contributed by atoms with Crippen molar-refractivity contribution < 1.29 is 5.11 Å². The number of aromatic nitrogens is 2. The Hall–Kier alpha value is -1.39. The Morgan fingerprint density at radius 2 is 2.62 bits per heavy atom. The van der Waals surface area contributed by atoms with Crippen LogP contribution >= 0.6 is 0 Å². The van der Waals surface area contributed by atoms with Crippen molar-refractivity contribution in [3.63, 3.8) is 0 Å². The molecule has 0 radical (unpaired) electrons. The molecular weight excluding hydrogens is 110 g/mol. The van der Waals surface area contributed by atoms with E-state index in [1.54, 1.807) is 0 Å². The lowest BCUT2D eigenvalue weighted by atomic mass is 10.9. The van der Waals surface area contributed by atoms with E-state index < -0.39 is 0 Å². The van der Waals surface area contributed by atoms with Crippen LogP contribution in [0.5, 0.6) is 5.88 Å². The minimum atomic E-state index is -0.153. The van der Waals surface area contributed by atoms with Crippen molar-refractivity contribution in [3.05, 3.63) is 11.1 Å². The topological polar surface area (TPSA) is 78.3 Å². The second-order valence-corrected chi connectivity index (χ2v) is 1.18. The molecule has 1 rings (SSSR count). The molecule has 0 unspecified atom stereocenters. The normalized spacial score (nSPS) is 9.00. The molecule has 0 aliphatic heterocycles.